The Morgan fingerprint density at radius 1 is 1.36 bits per heavy atom. The van der Waals surface area contributed by atoms with Crippen LogP contribution < -0.4 is 0 Å². The molecule has 2 rings (SSSR count). The number of aryl methyl sites for hydroxylation is 1. The summed E-state index contributed by atoms with van der Waals surface area (Å²) in [7, 11) is 1.80. The molecule has 5 heteroatoms. The lowest BCUT2D eigenvalue weighted by Crippen LogP contribution is -2.04. The second-order valence-electron chi connectivity index (χ2n) is 2.95. The predicted molar refractivity (Wildman–Crippen MR) is 49.3 cm³/mol. The summed E-state index contributed by atoms with van der Waals surface area (Å²) in [6.45, 7) is 0. The molecule has 0 aliphatic rings. The second-order valence-corrected chi connectivity index (χ2v) is 2.95. The van der Waals surface area contributed by atoms with E-state index in [0.717, 1.165) is 0 Å². The minimum absolute atomic E-state index is 0.506. The molecule has 0 amide bonds. The van der Waals surface area contributed by atoms with Crippen LogP contribution in [0.4, 0.5) is 0 Å². The van der Waals surface area contributed by atoms with Gasteiger partial charge in [-0.1, -0.05) is 0 Å². The molecule has 0 aromatic carbocycles. The van der Waals surface area contributed by atoms with Crippen molar-refractivity contribution in [1.82, 2.24) is 19.7 Å². The Bertz CT molecular complexity index is 412. The van der Waals surface area contributed by atoms with E-state index in [1.165, 1.54) is 6.20 Å². The predicted octanol–water partition coefficient (Wildman–Crippen LogP) is 0.292. The van der Waals surface area contributed by atoms with Gasteiger partial charge in [-0.15, -0.1) is 0 Å². The molecule has 1 unspecified atom stereocenters. The lowest BCUT2D eigenvalue weighted by Gasteiger charge is -2.05. The number of hydrogen-bond donors (Lipinski definition) is 1. The molecule has 2 aromatic rings. The zero-order chi connectivity index (χ0) is 9.97. The van der Waals surface area contributed by atoms with Gasteiger partial charge in [-0.05, 0) is 6.07 Å². The molecule has 0 bridgehead atoms. The van der Waals surface area contributed by atoms with Crippen molar-refractivity contribution in [2.24, 2.45) is 7.05 Å². The van der Waals surface area contributed by atoms with Crippen LogP contribution in [0.2, 0.25) is 0 Å². The van der Waals surface area contributed by atoms with Crippen molar-refractivity contribution in [1.29, 1.82) is 0 Å². The van der Waals surface area contributed by atoms with Crippen molar-refractivity contribution in [2.45, 2.75) is 6.10 Å². The second kappa shape index (κ2) is 3.55. The van der Waals surface area contributed by atoms with Gasteiger partial charge in [0, 0.05) is 25.6 Å². The first-order valence-corrected chi connectivity index (χ1v) is 4.21. The molecule has 14 heavy (non-hydrogen) atoms. The molecule has 1 atom stereocenters. The van der Waals surface area contributed by atoms with Crippen LogP contribution in [0.5, 0.6) is 0 Å². The third-order valence-electron chi connectivity index (χ3n) is 1.88. The molecule has 0 spiro atoms. The highest BCUT2D eigenvalue weighted by molar-refractivity contribution is 5.15. The van der Waals surface area contributed by atoms with Crippen LogP contribution in [0, 0.1) is 0 Å². The standard InChI is InChI=1S/C9H10N4O/c1-13-5-2-7(12-13)9(14)8-6-10-3-4-11-8/h2-6,9,14H,1H3. The zero-order valence-corrected chi connectivity index (χ0v) is 7.70. The van der Waals surface area contributed by atoms with Gasteiger partial charge in [0.15, 0.2) is 0 Å². The molecule has 0 radical (unpaired) electrons. The van der Waals surface area contributed by atoms with Gasteiger partial charge in [-0.3, -0.25) is 14.6 Å². The number of rotatable bonds is 2. The third kappa shape index (κ3) is 1.62. The number of aliphatic hydroxyl groups excluding tert-OH is 1. The summed E-state index contributed by atoms with van der Waals surface area (Å²) in [5.41, 5.74) is 1.08. The third-order valence-corrected chi connectivity index (χ3v) is 1.88. The quantitative estimate of drug-likeness (QED) is 0.739. The number of nitrogens with zero attached hydrogens (tertiary/aromatic N) is 4. The summed E-state index contributed by atoms with van der Waals surface area (Å²) in [5, 5.41) is 13.9. The maximum absolute atomic E-state index is 9.83. The van der Waals surface area contributed by atoms with Crippen LogP contribution in [0.25, 0.3) is 0 Å². The topological polar surface area (TPSA) is 63.8 Å². The molecule has 72 valence electrons. The molecule has 2 aromatic heterocycles. The van der Waals surface area contributed by atoms with E-state index in [2.05, 4.69) is 15.1 Å². The van der Waals surface area contributed by atoms with E-state index in [1.807, 2.05) is 0 Å². The van der Waals surface area contributed by atoms with Gasteiger partial charge in [0.2, 0.25) is 0 Å². The van der Waals surface area contributed by atoms with Crippen molar-refractivity contribution in [2.75, 3.05) is 0 Å². The van der Waals surface area contributed by atoms with Crippen molar-refractivity contribution < 1.29 is 5.11 Å². The van der Waals surface area contributed by atoms with Gasteiger partial charge >= 0.3 is 0 Å². The molecule has 0 fully saturated rings. The number of aliphatic hydroxyl groups is 1. The van der Waals surface area contributed by atoms with E-state index in [1.54, 1.807) is 36.4 Å². The van der Waals surface area contributed by atoms with Gasteiger partial charge < -0.3 is 5.11 Å². The van der Waals surface area contributed by atoms with Crippen LogP contribution in [0.1, 0.15) is 17.5 Å². The Kier molecular flexibility index (Phi) is 2.24. The van der Waals surface area contributed by atoms with E-state index < -0.39 is 6.10 Å². The van der Waals surface area contributed by atoms with Crippen LogP contribution in [0.3, 0.4) is 0 Å². The highest BCUT2D eigenvalue weighted by atomic mass is 16.3. The lowest BCUT2D eigenvalue weighted by atomic mass is 10.2. The first kappa shape index (κ1) is 8.83. The minimum Gasteiger partial charge on any atom is -0.380 e. The fourth-order valence-corrected chi connectivity index (χ4v) is 1.18. The van der Waals surface area contributed by atoms with E-state index >= 15 is 0 Å². The minimum atomic E-state index is -0.801. The van der Waals surface area contributed by atoms with Crippen molar-refractivity contribution in [3.63, 3.8) is 0 Å². The SMILES string of the molecule is Cn1ccc(C(O)c2cnccn2)n1. The molecular formula is C9H10N4O. The van der Waals surface area contributed by atoms with Gasteiger partial charge in [-0.25, -0.2) is 0 Å². The van der Waals surface area contributed by atoms with Crippen molar-refractivity contribution >= 4 is 0 Å². The normalized spacial score (nSPS) is 12.7. The first-order valence-electron chi connectivity index (χ1n) is 4.21. The van der Waals surface area contributed by atoms with Crippen LogP contribution in [-0.2, 0) is 7.05 Å². The monoisotopic (exact) mass is 190 g/mol. The van der Waals surface area contributed by atoms with Crippen LogP contribution in [0.15, 0.2) is 30.9 Å². The van der Waals surface area contributed by atoms with E-state index in [0.29, 0.717) is 11.4 Å². The smallest absolute Gasteiger partial charge is 0.141 e. The molecule has 0 aliphatic carbocycles. The summed E-state index contributed by atoms with van der Waals surface area (Å²) in [6, 6.07) is 1.75. The fraction of sp³-hybridized carbons (Fsp3) is 0.222. The van der Waals surface area contributed by atoms with E-state index in [-0.39, 0.29) is 0 Å². The Hall–Kier alpha value is -1.75. The van der Waals surface area contributed by atoms with Gasteiger partial charge in [-0.2, -0.15) is 5.10 Å². The summed E-state index contributed by atoms with van der Waals surface area (Å²) in [4.78, 5) is 7.88. The summed E-state index contributed by atoms with van der Waals surface area (Å²) in [5.74, 6) is 0. The average molecular weight is 190 g/mol. The Morgan fingerprint density at radius 3 is 2.79 bits per heavy atom. The molecule has 0 saturated heterocycles. The van der Waals surface area contributed by atoms with Gasteiger partial charge in [0.25, 0.3) is 0 Å². The Labute approximate surface area is 81.1 Å². The van der Waals surface area contributed by atoms with Crippen molar-refractivity contribution in [3.05, 3.63) is 42.2 Å². The number of hydrogen-bond acceptors (Lipinski definition) is 4. The van der Waals surface area contributed by atoms with Crippen molar-refractivity contribution in [3.8, 4) is 0 Å². The molecule has 2 heterocycles. The molecule has 1 N–H and O–H groups in total. The molecule has 0 aliphatic heterocycles. The highest BCUT2D eigenvalue weighted by Gasteiger charge is 2.13. The molecule has 0 saturated carbocycles. The van der Waals surface area contributed by atoms with Gasteiger partial charge in [0.05, 0.1) is 17.6 Å². The van der Waals surface area contributed by atoms with Gasteiger partial charge in [0.1, 0.15) is 6.10 Å². The highest BCUT2D eigenvalue weighted by Crippen LogP contribution is 2.16. The van der Waals surface area contributed by atoms with Crippen LogP contribution >= 0.6 is 0 Å². The Balaban J connectivity index is 2.29. The lowest BCUT2D eigenvalue weighted by molar-refractivity contribution is 0.209. The summed E-state index contributed by atoms with van der Waals surface area (Å²) in [6.07, 6.45) is 5.61. The number of aromatic nitrogens is 4. The van der Waals surface area contributed by atoms with Crippen LogP contribution in [-0.4, -0.2) is 24.9 Å². The first-order chi connectivity index (χ1) is 6.77. The summed E-state index contributed by atoms with van der Waals surface area (Å²) < 4.78 is 1.63. The maximum atomic E-state index is 9.83. The maximum Gasteiger partial charge on any atom is 0.141 e. The van der Waals surface area contributed by atoms with E-state index in [4.69, 9.17) is 0 Å². The zero-order valence-electron chi connectivity index (χ0n) is 7.70. The largest absolute Gasteiger partial charge is 0.380 e. The summed E-state index contributed by atoms with van der Waals surface area (Å²) >= 11 is 0. The van der Waals surface area contributed by atoms with E-state index in [9.17, 15) is 5.11 Å². The average Bonchev–Trinajstić information content (AvgIpc) is 2.65. The molecular weight excluding hydrogens is 180 g/mol. The fourth-order valence-electron chi connectivity index (χ4n) is 1.18. The molecule has 5 nitrogen and oxygen atoms in total. The Morgan fingerprint density at radius 2 is 2.21 bits per heavy atom.